The largest absolute Gasteiger partial charge is 0.322 e. The number of hydrogen-bond acceptors (Lipinski definition) is 3. The summed E-state index contributed by atoms with van der Waals surface area (Å²) >= 11 is 0. The van der Waals surface area contributed by atoms with Crippen molar-refractivity contribution >= 4 is 10.9 Å². The molecule has 0 saturated carbocycles. The molecule has 0 spiro atoms. The second kappa shape index (κ2) is 3.23. The second-order valence-corrected chi connectivity index (χ2v) is 3.26. The maximum absolute atomic E-state index is 11.6. The molecule has 0 aliphatic heterocycles. The molecule has 0 bridgehead atoms. The summed E-state index contributed by atoms with van der Waals surface area (Å²) in [4.78, 5) is 18.5. The van der Waals surface area contributed by atoms with Crippen LogP contribution in [0, 0.1) is 0 Å². The van der Waals surface area contributed by atoms with E-state index in [-0.39, 0.29) is 11.6 Å². The molecule has 14 heavy (non-hydrogen) atoms. The van der Waals surface area contributed by atoms with Crippen LogP contribution in [0.1, 0.15) is 18.8 Å². The van der Waals surface area contributed by atoms with Gasteiger partial charge in [-0.3, -0.25) is 4.79 Å². The van der Waals surface area contributed by atoms with Crippen molar-refractivity contribution < 1.29 is 0 Å². The van der Waals surface area contributed by atoms with Crippen LogP contribution in [0.4, 0.5) is 0 Å². The minimum atomic E-state index is -0.257. The molecule has 2 aromatic rings. The lowest BCUT2D eigenvalue weighted by Gasteiger charge is -2.04. The Balaban J connectivity index is 2.79. The molecule has 72 valence electrons. The van der Waals surface area contributed by atoms with Gasteiger partial charge in [-0.15, -0.1) is 0 Å². The van der Waals surface area contributed by atoms with E-state index in [9.17, 15) is 4.79 Å². The zero-order chi connectivity index (χ0) is 10.1. The summed E-state index contributed by atoms with van der Waals surface area (Å²) in [5.74, 6) is 0.522. The van der Waals surface area contributed by atoms with Crippen molar-refractivity contribution in [1.82, 2.24) is 9.97 Å². The molecule has 3 N–H and O–H groups in total. The predicted molar refractivity (Wildman–Crippen MR) is 55.0 cm³/mol. The summed E-state index contributed by atoms with van der Waals surface area (Å²) in [6.07, 6.45) is 0. The molecule has 0 saturated heterocycles. The van der Waals surface area contributed by atoms with Gasteiger partial charge >= 0.3 is 0 Å². The Bertz CT molecular complexity index is 516. The third kappa shape index (κ3) is 1.40. The van der Waals surface area contributed by atoms with Gasteiger partial charge in [0, 0.05) is 0 Å². The molecule has 1 aromatic carbocycles. The van der Waals surface area contributed by atoms with Crippen molar-refractivity contribution in [3.8, 4) is 0 Å². The molecular weight excluding hydrogens is 178 g/mol. The fourth-order valence-electron chi connectivity index (χ4n) is 1.32. The molecule has 1 atom stereocenters. The summed E-state index contributed by atoms with van der Waals surface area (Å²) < 4.78 is 0. The minimum absolute atomic E-state index is 0.136. The molecule has 2 rings (SSSR count). The maximum Gasteiger partial charge on any atom is 0.258 e. The Labute approximate surface area is 80.8 Å². The first-order chi connectivity index (χ1) is 6.68. The second-order valence-electron chi connectivity index (χ2n) is 3.26. The molecule has 1 unspecified atom stereocenters. The van der Waals surface area contributed by atoms with E-state index in [2.05, 4.69) is 9.97 Å². The smallest absolute Gasteiger partial charge is 0.258 e. The Morgan fingerprint density at radius 3 is 2.86 bits per heavy atom. The first-order valence-electron chi connectivity index (χ1n) is 4.43. The third-order valence-corrected chi connectivity index (χ3v) is 2.06. The number of rotatable bonds is 1. The van der Waals surface area contributed by atoms with Crippen LogP contribution < -0.4 is 11.3 Å². The first-order valence-corrected chi connectivity index (χ1v) is 4.43. The van der Waals surface area contributed by atoms with Crippen molar-refractivity contribution in [2.24, 2.45) is 5.73 Å². The normalized spacial score (nSPS) is 13.0. The monoisotopic (exact) mass is 189 g/mol. The van der Waals surface area contributed by atoms with Crippen LogP contribution in [0.2, 0.25) is 0 Å². The Kier molecular flexibility index (Phi) is 2.05. The minimum Gasteiger partial charge on any atom is -0.322 e. The number of benzene rings is 1. The molecule has 0 aliphatic carbocycles. The number of fused-ring (bicyclic) bond motifs is 1. The highest BCUT2D eigenvalue weighted by atomic mass is 16.1. The maximum atomic E-state index is 11.6. The number of aromatic amines is 1. The Hall–Kier alpha value is -1.68. The number of nitrogens with zero attached hydrogens (tertiary/aromatic N) is 1. The van der Waals surface area contributed by atoms with Crippen molar-refractivity contribution in [1.29, 1.82) is 0 Å². The van der Waals surface area contributed by atoms with Crippen molar-refractivity contribution in [2.75, 3.05) is 0 Å². The van der Waals surface area contributed by atoms with Gasteiger partial charge in [0.15, 0.2) is 0 Å². The quantitative estimate of drug-likeness (QED) is 0.701. The van der Waals surface area contributed by atoms with Crippen LogP contribution in [0.25, 0.3) is 10.9 Å². The lowest BCUT2D eigenvalue weighted by atomic mass is 10.2. The average molecular weight is 189 g/mol. The van der Waals surface area contributed by atoms with Crippen molar-refractivity contribution in [3.63, 3.8) is 0 Å². The van der Waals surface area contributed by atoms with E-state index in [1.54, 1.807) is 19.1 Å². The van der Waals surface area contributed by atoms with Crippen molar-refractivity contribution in [2.45, 2.75) is 13.0 Å². The van der Waals surface area contributed by atoms with Gasteiger partial charge in [-0.1, -0.05) is 12.1 Å². The van der Waals surface area contributed by atoms with Gasteiger partial charge in [0.2, 0.25) is 0 Å². The number of para-hydroxylation sites is 1. The number of nitrogens with one attached hydrogen (secondary N) is 1. The number of nitrogens with two attached hydrogens (primary N) is 1. The summed E-state index contributed by atoms with van der Waals surface area (Å²) in [5.41, 5.74) is 6.19. The van der Waals surface area contributed by atoms with Gasteiger partial charge in [0.05, 0.1) is 16.9 Å². The van der Waals surface area contributed by atoms with Gasteiger partial charge in [-0.25, -0.2) is 4.98 Å². The van der Waals surface area contributed by atoms with E-state index in [1.165, 1.54) is 0 Å². The van der Waals surface area contributed by atoms with Crippen molar-refractivity contribution in [3.05, 3.63) is 40.4 Å². The number of H-pyrrole nitrogens is 1. The standard InChI is InChI=1S/C10H11N3O/c1-6(11)9-12-8-5-3-2-4-7(8)10(14)13-9/h2-6H,11H2,1H3,(H,12,13,14). The summed E-state index contributed by atoms with van der Waals surface area (Å²) in [5, 5.41) is 0.594. The van der Waals surface area contributed by atoms with Crippen LogP contribution in [0.3, 0.4) is 0 Å². The number of hydrogen-bond donors (Lipinski definition) is 2. The highest BCUT2D eigenvalue weighted by Crippen LogP contribution is 2.08. The zero-order valence-electron chi connectivity index (χ0n) is 7.82. The fraction of sp³-hybridized carbons (Fsp3) is 0.200. The lowest BCUT2D eigenvalue weighted by molar-refractivity contribution is 0.741. The van der Waals surface area contributed by atoms with Gasteiger partial charge in [0.25, 0.3) is 5.56 Å². The Morgan fingerprint density at radius 1 is 1.43 bits per heavy atom. The van der Waals surface area contributed by atoms with Gasteiger partial charge < -0.3 is 10.7 Å². The summed E-state index contributed by atoms with van der Waals surface area (Å²) in [6.45, 7) is 1.78. The van der Waals surface area contributed by atoms with E-state index in [1.807, 2.05) is 12.1 Å². The average Bonchev–Trinajstić information content (AvgIpc) is 2.17. The SMILES string of the molecule is CC(N)c1nc2ccccc2c(=O)[nH]1. The lowest BCUT2D eigenvalue weighted by Crippen LogP contribution is -2.17. The molecule has 1 aromatic heterocycles. The summed E-state index contributed by atoms with van der Waals surface area (Å²) in [6, 6.07) is 6.94. The van der Waals surface area contributed by atoms with Crippen LogP contribution in [0.5, 0.6) is 0 Å². The molecular formula is C10H11N3O. The molecule has 0 amide bonds. The molecule has 0 aliphatic rings. The highest BCUT2D eigenvalue weighted by molar-refractivity contribution is 5.77. The molecule has 4 nitrogen and oxygen atoms in total. The van der Waals surface area contributed by atoms with Crippen LogP contribution in [-0.2, 0) is 0 Å². The van der Waals surface area contributed by atoms with E-state index < -0.39 is 0 Å². The predicted octanol–water partition coefficient (Wildman–Crippen LogP) is 0.943. The molecule has 4 heteroatoms. The van der Waals surface area contributed by atoms with E-state index >= 15 is 0 Å². The molecule has 0 fully saturated rings. The van der Waals surface area contributed by atoms with Gasteiger partial charge in [-0.05, 0) is 19.1 Å². The fourth-order valence-corrected chi connectivity index (χ4v) is 1.32. The highest BCUT2D eigenvalue weighted by Gasteiger charge is 2.05. The molecule has 0 radical (unpaired) electrons. The topological polar surface area (TPSA) is 71.8 Å². The third-order valence-electron chi connectivity index (χ3n) is 2.06. The van der Waals surface area contributed by atoms with E-state index in [0.717, 1.165) is 0 Å². The summed E-state index contributed by atoms with van der Waals surface area (Å²) in [7, 11) is 0. The van der Waals surface area contributed by atoms with E-state index in [0.29, 0.717) is 16.7 Å². The van der Waals surface area contributed by atoms with Gasteiger partial charge in [0.1, 0.15) is 5.82 Å². The van der Waals surface area contributed by atoms with E-state index in [4.69, 9.17) is 5.73 Å². The zero-order valence-corrected chi connectivity index (χ0v) is 7.82. The first kappa shape index (κ1) is 8.90. The molecule has 1 heterocycles. The van der Waals surface area contributed by atoms with Crippen LogP contribution in [-0.4, -0.2) is 9.97 Å². The Morgan fingerprint density at radius 2 is 2.14 bits per heavy atom. The van der Waals surface area contributed by atoms with Crippen LogP contribution >= 0.6 is 0 Å². The van der Waals surface area contributed by atoms with Crippen LogP contribution in [0.15, 0.2) is 29.1 Å². The number of aromatic nitrogens is 2. The van der Waals surface area contributed by atoms with Gasteiger partial charge in [-0.2, -0.15) is 0 Å².